The third kappa shape index (κ3) is 5.65. The average molecular weight is 322 g/mol. The normalized spacial score (nSPS) is 23.4. The number of hydrogen-bond acceptors (Lipinski definition) is 5. The molecule has 6 nitrogen and oxygen atoms in total. The molecule has 23 heavy (non-hydrogen) atoms. The molecule has 1 aromatic rings. The molecule has 0 aromatic heterocycles. The van der Waals surface area contributed by atoms with Gasteiger partial charge in [0.2, 0.25) is 0 Å². The lowest BCUT2D eigenvalue weighted by Crippen LogP contribution is -2.30. The van der Waals surface area contributed by atoms with Crippen molar-refractivity contribution in [2.45, 2.75) is 46.3 Å². The highest BCUT2D eigenvalue weighted by molar-refractivity contribution is 5.74. The molecule has 0 saturated carbocycles. The molecule has 1 saturated heterocycles. The Kier molecular flexibility index (Phi) is 7.19. The lowest BCUT2D eigenvalue weighted by molar-refractivity contribution is -0.177. The summed E-state index contributed by atoms with van der Waals surface area (Å²) >= 11 is 0. The van der Waals surface area contributed by atoms with Crippen molar-refractivity contribution in [3.8, 4) is 0 Å². The molecule has 1 aliphatic heterocycles. The monoisotopic (exact) mass is 322 g/mol. The summed E-state index contributed by atoms with van der Waals surface area (Å²) in [6, 6.07) is 9.91. The van der Waals surface area contributed by atoms with E-state index in [0.717, 1.165) is 5.56 Å². The number of carbonyl (C=O) groups excluding carboxylic acids is 1. The van der Waals surface area contributed by atoms with Crippen molar-refractivity contribution >= 4 is 11.9 Å². The molecular weight excluding hydrogens is 296 g/mol. The topological polar surface area (TPSA) is 92.9 Å². The number of aliphatic carboxylic acids is 1. The third-order valence-electron chi connectivity index (χ3n) is 4.12. The van der Waals surface area contributed by atoms with Gasteiger partial charge in [0.05, 0.1) is 24.4 Å². The highest BCUT2D eigenvalue weighted by Crippen LogP contribution is 2.23. The highest BCUT2D eigenvalue weighted by atomic mass is 16.7. The number of carboxylic acid groups (broad SMARTS) is 1. The zero-order valence-corrected chi connectivity index (χ0v) is 14.1. The van der Waals surface area contributed by atoms with E-state index < -0.39 is 11.9 Å². The molecule has 0 aliphatic carbocycles. The molecule has 0 bridgehead atoms. The second kappa shape index (κ2) is 8.64. The van der Waals surface area contributed by atoms with Crippen LogP contribution in [0.3, 0.4) is 0 Å². The standard InChI is InChI=1S/C12H15NO2.C5H11NO2/c1-9-10(2)13(15-12(9)14)8-11-6-4-3-5-7-11;1-3(4(2)6)5(7)8/h3-7,9-10H,8H2,1-2H3;3-4H,6H2,1-2H3,(H,7,8)/t9-,10-;3-,4-/m11/s1. The number of hydrogen-bond donors (Lipinski definition) is 2. The van der Waals surface area contributed by atoms with E-state index in [9.17, 15) is 9.59 Å². The van der Waals surface area contributed by atoms with Crippen molar-refractivity contribution < 1.29 is 19.5 Å². The molecule has 0 radical (unpaired) electrons. The van der Waals surface area contributed by atoms with Crippen LogP contribution in [0.2, 0.25) is 0 Å². The second-order valence-corrected chi connectivity index (χ2v) is 5.99. The van der Waals surface area contributed by atoms with Gasteiger partial charge < -0.3 is 15.7 Å². The first kappa shape index (κ1) is 19.1. The van der Waals surface area contributed by atoms with Crippen molar-refractivity contribution in [2.75, 3.05) is 0 Å². The molecule has 1 heterocycles. The van der Waals surface area contributed by atoms with Gasteiger partial charge in [-0.15, -0.1) is 5.06 Å². The minimum atomic E-state index is -0.833. The number of hydroxylamine groups is 2. The van der Waals surface area contributed by atoms with Crippen LogP contribution in [0.5, 0.6) is 0 Å². The van der Waals surface area contributed by atoms with Crippen LogP contribution in [0.4, 0.5) is 0 Å². The zero-order valence-electron chi connectivity index (χ0n) is 14.1. The molecule has 1 aromatic carbocycles. The van der Waals surface area contributed by atoms with E-state index in [2.05, 4.69) is 0 Å². The Labute approximate surface area is 137 Å². The van der Waals surface area contributed by atoms with E-state index in [-0.39, 0.29) is 24.0 Å². The number of rotatable bonds is 4. The van der Waals surface area contributed by atoms with Gasteiger partial charge in [0, 0.05) is 6.04 Å². The van der Waals surface area contributed by atoms with Gasteiger partial charge >= 0.3 is 11.9 Å². The Balaban J connectivity index is 0.000000284. The SMILES string of the molecule is C[C@@H](N)[C@@H](C)C(=O)O.C[C@@H]1[C@@H](C)C(=O)ON1Cc1ccccc1. The predicted octanol–water partition coefficient (Wildman–Crippen LogP) is 2.04. The maximum absolute atomic E-state index is 11.3. The Morgan fingerprint density at radius 3 is 2.22 bits per heavy atom. The van der Waals surface area contributed by atoms with Crippen molar-refractivity contribution in [3.05, 3.63) is 35.9 Å². The van der Waals surface area contributed by atoms with Crippen molar-refractivity contribution in [1.82, 2.24) is 5.06 Å². The van der Waals surface area contributed by atoms with Crippen LogP contribution < -0.4 is 5.73 Å². The van der Waals surface area contributed by atoms with Crippen LogP contribution in [0.1, 0.15) is 33.3 Å². The highest BCUT2D eigenvalue weighted by Gasteiger charge is 2.36. The summed E-state index contributed by atoms with van der Waals surface area (Å²) in [5.74, 6) is -1.43. The van der Waals surface area contributed by atoms with Gasteiger partial charge in [-0.05, 0) is 19.4 Å². The van der Waals surface area contributed by atoms with Crippen LogP contribution in [-0.4, -0.2) is 34.2 Å². The summed E-state index contributed by atoms with van der Waals surface area (Å²) in [6.45, 7) is 7.85. The lowest BCUT2D eigenvalue weighted by Gasteiger charge is -2.18. The van der Waals surface area contributed by atoms with Gasteiger partial charge in [0.15, 0.2) is 0 Å². The van der Waals surface area contributed by atoms with E-state index in [4.69, 9.17) is 15.7 Å². The van der Waals surface area contributed by atoms with Crippen LogP contribution in [-0.2, 0) is 21.0 Å². The van der Waals surface area contributed by atoms with Gasteiger partial charge in [0.25, 0.3) is 0 Å². The Morgan fingerprint density at radius 1 is 1.30 bits per heavy atom. The van der Waals surface area contributed by atoms with E-state index in [1.54, 1.807) is 18.9 Å². The lowest BCUT2D eigenvalue weighted by atomic mass is 10.1. The fourth-order valence-electron chi connectivity index (χ4n) is 1.89. The smallest absolute Gasteiger partial charge is 0.329 e. The Bertz CT molecular complexity index is 519. The van der Waals surface area contributed by atoms with Crippen molar-refractivity contribution in [3.63, 3.8) is 0 Å². The molecule has 6 heteroatoms. The summed E-state index contributed by atoms with van der Waals surface area (Å²) < 4.78 is 0. The van der Waals surface area contributed by atoms with Crippen molar-refractivity contribution in [1.29, 1.82) is 0 Å². The van der Waals surface area contributed by atoms with Crippen LogP contribution in [0, 0.1) is 11.8 Å². The van der Waals surface area contributed by atoms with Crippen LogP contribution >= 0.6 is 0 Å². The number of benzene rings is 1. The summed E-state index contributed by atoms with van der Waals surface area (Å²) in [5.41, 5.74) is 6.41. The Hall–Kier alpha value is -1.92. The second-order valence-electron chi connectivity index (χ2n) is 5.99. The number of nitrogens with two attached hydrogens (primary N) is 1. The number of carbonyl (C=O) groups is 2. The summed E-state index contributed by atoms with van der Waals surface area (Å²) in [6.07, 6.45) is 0. The largest absolute Gasteiger partial charge is 0.481 e. The first-order valence-corrected chi connectivity index (χ1v) is 7.74. The molecule has 0 amide bonds. The van der Waals surface area contributed by atoms with Crippen molar-refractivity contribution in [2.24, 2.45) is 17.6 Å². The molecule has 1 fully saturated rings. The minimum absolute atomic E-state index is 0.0336. The molecule has 0 spiro atoms. The summed E-state index contributed by atoms with van der Waals surface area (Å²) in [7, 11) is 0. The fourth-order valence-corrected chi connectivity index (χ4v) is 1.89. The predicted molar refractivity (Wildman–Crippen MR) is 87.2 cm³/mol. The van der Waals surface area contributed by atoms with E-state index in [1.807, 2.05) is 44.2 Å². The van der Waals surface area contributed by atoms with E-state index >= 15 is 0 Å². The first-order chi connectivity index (χ1) is 10.7. The van der Waals surface area contributed by atoms with Gasteiger partial charge in [-0.1, -0.05) is 44.2 Å². The molecule has 3 N–H and O–H groups in total. The maximum Gasteiger partial charge on any atom is 0.329 e. The molecule has 2 rings (SSSR count). The maximum atomic E-state index is 11.3. The van der Waals surface area contributed by atoms with E-state index in [1.165, 1.54) is 0 Å². The van der Waals surface area contributed by atoms with E-state index in [0.29, 0.717) is 6.54 Å². The quantitative estimate of drug-likeness (QED) is 0.881. The van der Waals surface area contributed by atoms with Crippen LogP contribution in [0.15, 0.2) is 30.3 Å². The van der Waals surface area contributed by atoms with Crippen LogP contribution in [0.25, 0.3) is 0 Å². The summed E-state index contributed by atoms with van der Waals surface area (Å²) in [5, 5.41) is 10.0. The molecule has 128 valence electrons. The van der Waals surface area contributed by atoms with Gasteiger partial charge in [-0.25, -0.2) is 4.79 Å². The third-order valence-corrected chi connectivity index (χ3v) is 4.12. The summed E-state index contributed by atoms with van der Waals surface area (Å²) in [4.78, 5) is 26.6. The Morgan fingerprint density at radius 2 is 1.87 bits per heavy atom. The first-order valence-electron chi connectivity index (χ1n) is 7.74. The number of carboxylic acids is 1. The molecular formula is C17H26N2O4. The molecule has 1 aliphatic rings. The molecule has 0 unspecified atom stereocenters. The van der Waals surface area contributed by atoms with Gasteiger partial charge in [-0.2, -0.15) is 0 Å². The minimum Gasteiger partial charge on any atom is -0.481 e. The van der Waals surface area contributed by atoms with Gasteiger partial charge in [0.1, 0.15) is 0 Å². The number of nitrogens with zero attached hydrogens (tertiary/aromatic N) is 1. The fraction of sp³-hybridized carbons (Fsp3) is 0.529. The average Bonchev–Trinajstić information content (AvgIpc) is 2.75. The molecule has 4 atom stereocenters. The zero-order chi connectivity index (χ0) is 17.6. The van der Waals surface area contributed by atoms with Gasteiger partial charge in [-0.3, -0.25) is 4.79 Å².